The maximum Gasteiger partial charge on any atom is 0.0589 e. The summed E-state index contributed by atoms with van der Waals surface area (Å²) in [5.41, 5.74) is 7.03. The third kappa shape index (κ3) is 4.66. The molecule has 1 aromatic rings. The molecule has 1 aromatic carbocycles. The Morgan fingerprint density at radius 3 is 2.50 bits per heavy atom. The number of methoxy groups -OCH3 is 1. The smallest absolute Gasteiger partial charge is 0.0589 e. The maximum absolute atomic E-state index is 9.14. The number of aliphatic hydroxyl groups excluding tert-OH is 1. The number of aliphatic hydroxyl groups is 1. The number of hydrogen-bond donors (Lipinski definition) is 2. The van der Waals surface area contributed by atoms with Crippen molar-refractivity contribution in [1.82, 2.24) is 4.90 Å². The molecule has 0 saturated carbocycles. The van der Waals surface area contributed by atoms with Crippen LogP contribution >= 0.6 is 15.9 Å². The summed E-state index contributed by atoms with van der Waals surface area (Å²) in [5.74, 6) is 0. The van der Waals surface area contributed by atoms with E-state index in [1.807, 2.05) is 12.1 Å². The second kappa shape index (κ2) is 8.61. The number of rotatable bonds is 8. The zero-order valence-electron chi connectivity index (χ0n) is 10.7. The number of hydrogen-bond acceptors (Lipinski definition) is 4. The molecule has 0 aromatic heterocycles. The van der Waals surface area contributed by atoms with Gasteiger partial charge in [0.05, 0.1) is 13.2 Å². The minimum atomic E-state index is 0.111. The molecule has 0 radical (unpaired) electrons. The average molecular weight is 317 g/mol. The van der Waals surface area contributed by atoms with Crippen LogP contribution in [0.25, 0.3) is 0 Å². The van der Waals surface area contributed by atoms with Crippen molar-refractivity contribution in [2.24, 2.45) is 5.73 Å². The van der Waals surface area contributed by atoms with Crippen molar-refractivity contribution in [2.45, 2.75) is 6.04 Å². The molecule has 0 aliphatic heterocycles. The van der Waals surface area contributed by atoms with Gasteiger partial charge in [0.15, 0.2) is 0 Å². The van der Waals surface area contributed by atoms with E-state index in [9.17, 15) is 0 Å². The first-order valence-electron chi connectivity index (χ1n) is 6.02. The minimum absolute atomic E-state index is 0.111. The van der Waals surface area contributed by atoms with Crippen LogP contribution in [-0.2, 0) is 4.74 Å². The van der Waals surface area contributed by atoms with Crippen molar-refractivity contribution >= 4 is 15.9 Å². The summed E-state index contributed by atoms with van der Waals surface area (Å²) in [6, 6.07) is 8.23. The van der Waals surface area contributed by atoms with Crippen LogP contribution in [0.3, 0.4) is 0 Å². The Kier molecular flexibility index (Phi) is 7.46. The van der Waals surface area contributed by atoms with Gasteiger partial charge >= 0.3 is 0 Å². The highest BCUT2D eigenvalue weighted by Crippen LogP contribution is 2.21. The summed E-state index contributed by atoms with van der Waals surface area (Å²) < 4.78 is 6.15. The van der Waals surface area contributed by atoms with Gasteiger partial charge in [-0.05, 0) is 17.7 Å². The van der Waals surface area contributed by atoms with E-state index in [2.05, 4.69) is 33.0 Å². The van der Waals surface area contributed by atoms with Gasteiger partial charge < -0.3 is 15.6 Å². The van der Waals surface area contributed by atoms with Crippen molar-refractivity contribution in [3.05, 3.63) is 34.3 Å². The van der Waals surface area contributed by atoms with Gasteiger partial charge in [0.25, 0.3) is 0 Å². The summed E-state index contributed by atoms with van der Waals surface area (Å²) >= 11 is 3.42. The standard InChI is InChI=1S/C13H21BrN2O2/c1-18-9-7-16(6-8-17)13(10-15)11-2-4-12(14)5-3-11/h2-5,13,17H,6-10,15H2,1H3. The third-order valence-corrected chi connectivity index (χ3v) is 3.42. The topological polar surface area (TPSA) is 58.7 Å². The lowest BCUT2D eigenvalue weighted by Gasteiger charge is -2.30. The number of nitrogens with two attached hydrogens (primary N) is 1. The molecule has 0 bridgehead atoms. The fourth-order valence-corrected chi connectivity index (χ4v) is 2.21. The Bertz CT molecular complexity index is 332. The minimum Gasteiger partial charge on any atom is -0.395 e. The van der Waals surface area contributed by atoms with E-state index in [1.165, 1.54) is 0 Å². The second-order valence-corrected chi connectivity index (χ2v) is 4.97. The van der Waals surface area contributed by atoms with Crippen LogP contribution < -0.4 is 5.73 Å². The molecule has 0 amide bonds. The summed E-state index contributed by atoms with van der Waals surface area (Å²) in [7, 11) is 1.67. The Balaban J connectivity index is 2.79. The van der Waals surface area contributed by atoms with Gasteiger partial charge in [-0.15, -0.1) is 0 Å². The van der Waals surface area contributed by atoms with Crippen molar-refractivity contribution in [2.75, 3.05) is 40.0 Å². The van der Waals surface area contributed by atoms with Gasteiger partial charge in [-0.2, -0.15) is 0 Å². The van der Waals surface area contributed by atoms with E-state index in [0.29, 0.717) is 19.7 Å². The molecule has 18 heavy (non-hydrogen) atoms. The van der Waals surface area contributed by atoms with Gasteiger partial charge in [0.1, 0.15) is 0 Å². The van der Waals surface area contributed by atoms with E-state index in [1.54, 1.807) is 7.11 Å². The first-order chi connectivity index (χ1) is 8.72. The summed E-state index contributed by atoms with van der Waals surface area (Å²) in [5, 5.41) is 9.14. The van der Waals surface area contributed by atoms with Crippen LogP contribution in [0.4, 0.5) is 0 Å². The monoisotopic (exact) mass is 316 g/mol. The first kappa shape index (κ1) is 15.6. The lowest BCUT2D eigenvalue weighted by atomic mass is 10.1. The molecule has 0 spiro atoms. The highest BCUT2D eigenvalue weighted by atomic mass is 79.9. The van der Waals surface area contributed by atoms with E-state index in [4.69, 9.17) is 15.6 Å². The van der Waals surface area contributed by atoms with E-state index < -0.39 is 0 Å². The van der Waals surface area contributed by atoms with Crippen molar-refractivity contribution in [3.63, 3.8) is 0 Å². The molecule has 0 aliphatic rings. The predicted octanol–water partition coefficient (Wildman–Crippen LogP) is 1.39. The van der Waals surface area contributed by atoms with E-state index in [-0.39, 0.29) is 12.6 Å². The number of benzene rings is 1. The summed E-state index contributed by atoms with van der Waals surface area (Å²) in [4.78, 5) is 2.15. The molecule has 0 aliphatic carbocycles. The molecule has 3 N–H and O–H groups in total. The molecule has 102 valence electrons. The number of ether oxygens (including phenoxy) is 1. The molecule has 5 heteroatoms. The highest BCUT2D eigenvalue weighted by molar-refractivity contribution is 9.10. The van der Waals surface area contributed by atoms with Crippen LogP contribution in [-0.4, -0.2) is 50.0 Å². The summed E-state index contributed by atoms with van der Waals surface area (Å²) in [6.07, 6.45) is 0. The maximum atomic E-state index is 9.14. The van der Waals surface area contributed by atoms with E-state index >= 15 is 0 Å². The summed E-state index contributed by atoms with van der Waals surface area (Å²) in [6.45, 7) is 2.63. The molecule has 4 nitrogen and oxygen atoms in total. The van der Waals surface area contributed by atoms with E-state index in [0.717, 1.165) is 16.6 Å². The normalized spacial score (nSPS) is 12.9. The van der Waals surface area contributed by atoms with Crippen molar-refractivity contribution in [3.8, 4) is 0 Å². The number of halogens is 1. The van der Waals surface area contributed by atoms with Crippen LogP contribution in [0.2, 0.25) is 0 Å². The van der Waals surface area contributed by atoms with Gasteiger partial charge in [0.2, 0.25) is 0 Å². The molecular formula is C13H21BrN2O2. The van der Waals surface area contributed by atoms with Crippen molar-refractivity contribution in [1.29, 1.82) is 0 Å². The zero-order chi connectivity index (χ0) is 13.4. The average Bonchev–Trinajstić information content (AvgIpc) is 2.39. The zero-order valence-corrected chi connectivity index (χ0v) is 12.3. The molecule has 1 rings (SSSR count). The van der Waals surface area contributed by atoms with Crippen LogP contribution in [0.15, 0.2) is 28.7 Å². The molecule has 1 unspecified atom stereocenters. The van der Waals surface area contributed by atoms with Crippen LogP contribution in [0.5, 0.6) is 0 Å². The van der Waals surface area contributed by atoms with Gasteiger partial charge in [0, 0.05) is 37.3 Å². The lowest BCUT2D eigenvalue weighted by molar-refractivity contribution is 0.103. The van der Waals surface area contributed by atoms with Gasteiger partial charge in [-0.25, -0.2) is 0 Å². The van der Waals surface area contributed by atoms with Crippen LogP contribution in [0, 0.1) is 0 Å². The molecular weight excluding hydrogens is 296 g/mol. The Hall–Kier alpha value is -0.460. The SMILES string of the molecule is COCCN(CCO)C(CN)c1ccc(Br)cc1. The lowest BCUT2D eigenvalue weighted by Crippen LogP contribution is -2.38. The first-order valence-corrected chi connectivity index (χ1v) is 6.81. The number of nitrogens with zero attached hydrogens (tertiary/aromatic N) is 1. The van der Waals surface area contributed by atoms with Crippen molar-refractivity contribution < 1.29 is 9.84 Å². The van der Waals surface area contributed by atoms with Gasteiger partial charge in [-0.3, -0.25) is 4.90 Å². The highest BCUT2D eigenvalue weighted by Gasteiger charge is 2.18. The molecule has 0 heterocycles. The predicted molar refractivity (Wildman–Crippen MR) is 76.5 cm³/mol. The van der Waals surface area contributed by atoms with Gasteiger partial charge in [-0.1, -0.05) is 28.1 Å². The Morgan fingerprint density at radius 1 is 1.33 bits per heavy atom. The fourth-order valence-electron chi connectivity index (χ4n) is 1.94. The fraction of sp³-hybridized carbons (Fsp3) is 0.538. The molecule has 1 atom stereocenters. The third-order valence-electron chi connectivity index (χ3n) is 2.89. The second-order valence-electron chi connectivity index (χ2n) is 4.06. The Morgan fingerprint density at radius 2 is 2.00 bits per heavy atom. The quantitative estimate of drug-likeness (QED) is 0.761. The largest absolute Gasteiger partial charge is 0.395 e. The van der Waals surface area contributed by atoms with Crippen LogP contribution in [0.1, 0.15) is 11.6 Å². The molecule has 0 saturated heterocycles. The Labute approximate surface area is 117 Å². The molecule has 0 fully saturated rings.